The SMILES string of the molecule is COc1cccc([C@@H]2CCCN2C(=O)c2cc3c(nc2OC)CCC3)c1. The normalized spacial score (nSPS) is 18.7. The molecule has 4 rings (SSSR count). The van der Waals surface area contributed by atoms with Crippen LogP contribution in [0.2, 0.25) is 0 Å². The number of rotatable bonds is 4. The second-order valence-electron chi connectivity index (χ2n) is 6.94. The number of hydrogen-bond acceptors (Lipinski definition) is 4. The first kappa shape index (κ1) is 16.9. The Kier molecular flexibility index (Phi) is 4.53. The summed E-state index contributed by atoms with van der Waals surface area (Å²) in [7, 11) is 3.25. The zero-order chi connectivity index (χ0) is 18.1. The summed E-state index contributed by atoms with van der Waals surface area (Å²) in [6.45, 7) is 0.751. The van der Waals surface area contributed by atoms with Gasteiger partial charge in [0, 0.05) is 12.2 Å². The van der Waals surface area contributed by atoms with Gasteiger partial charge in [-0.05, 0) is 61.4 Å². The Balaban J connectivity index is 1.67. The number of aryl methyl sites for hydroxylation is 2. The number of methoxy groups -OCH3 is 2. The Hall–Kier alpha value is -2.56. The molecule has 1 aliphatic carbocycles. The van der Waals surface area contributed by atoms with Gasteiger partial charge in [-0.15, -0.1) is 0 Å². The summed E-state index contributed by atoms with van der Waals surface area (Å²) in [5, 5.41) is 0. The number of hydrogen-bond donors (Lipinski definition) is 0. The third kappa shape index (κ3) is 2.91. The second kappa shape index (κ2) is 6.98. The van der Waals surface area contributed by atoms with Crippen LogP contribution in [0, 0.1) is 0 Å². The zero-order valence-corrected chi connectivity index (χ0v) is 15.3. The molecule has 1 aliphatic heterocycles. The first-order chi connectivity index (χ1) is 12.7. The maximum absolute atomic E-state index is 13.3. The Morgan fingerprint density at radius 2 is 2.04 bits per heavy atom. The highest BCUT2D eigenvalue weighted by molar-refractivity contribution is 5.97. The molecular formula is C21H24N2O3. The van der Waals surface area contributed by atoms with Gasteiger partial charge in [0.05, 0.1) is 20.3 Å². The van der Waals surface area contributed by atoms with Gasteiger partial charge >= 0.3 is 0 Å². The van der Waals surface area contributed by atoms with Gasteiger partial charge in [-0.3, -0.25) is 4.79 Å². The van der Waals surface area contributed by atoms with Gasteiger partial charge in [0.2, 0.25) is 5.88 Å². The lowest BCUT2D eigenvalue weighted by Gasteiger charge is -2.26. The van der Waals surface area contributed by atoms with Crippen molar-refractivity contribution in [1.29, 1.82) is 0 Å². The Morgan fingerprint density at radius 3 is 2.85 bits per heavy atom. The number of benzene rings is 1. The molecular weight excluding hydrogens is 328 g/mol. The van der Waals surface area contributed by atoms with Gasteiger partial charge in [0.25, 0.3) is 5.91 Å². The van der Waals surface area contributed by atoms with Crippen LogP contribution in [0.15, 0.2) is 30.3 Å². The molecule has 1 atom stereocenters. The number of likely N-dealkylation sites (tertiary alicyclic amines) is 1. The molecule has 1 saturated heterocycles. The van der Waals surface area contributed by atoms with Crippen LogP contribution in [0.3, 0.4) is 0 Å². The van der Waals surface area contributed by atoms with E-state index in [2.05, 4.69) is 11.1 Å². The Bertz CT molecular complexity index is 834. The fraction of sp³-hybridized carbons (Fsp3) is 0.429. The summed E-state index contributed by atoms with van der Waals surface area (Å²) >= 11 is 0. The molecule has 2 aliphatic rings. The minimum absolute atomic E-state index is 0.00868. The van der Waals surface area contributed by atoms with E-state index in [0.717, 1.165) is 55.7 Å². The molecule has 2 aromatic rings. The Labute approximate surface area is 153 Å². The molecule has 1 amide bonds. The number of ether oxygens (including phenoxy) is 2. The summed E-state index contributed by atoms with van der Waals surface area (Å²) in [6.07, 6.45) is 5.01. The monoisotopic (exact) mass is 352 g/mol. The van der Waals surface area contributed by atoms with E-state index in [1.54, 1.807) is 14.2 Å². The van der Waals surface area contributed by atoms with Crippen molar-refractivity contribution in [2.45, 2.75) is 38.1 Å². The van der Waals surface area contributed by atoms with Crippen molar-refractivity contribution in [1.82, 2.24) is 9.88 Å². The van der Waals surface area contributed by atoms with E-state index in [1.165, 1.54) is 5.56 Å². The molecule has 5 heteroatoms. The number of pyridine rings is 1. The maximum atomic E-state index is 13.3. The molecule has 1 fully saturated rings. The molecule has 0 radical (unpaired) electrons. The summed E-state index contributed by atoms with van der Waals surface area (Å²) in [6, 6.07) is 10.1. The van der Waals surface area contributed by atoms with Gasteiger partial charge in [-0.25, -0.2) is 4.98 Å². The number of nitrogens with zero attached hydrogens (tertiary/aromatic N) is 2. The lowest BCUT2D eigenvalue weighted by Crippen LogP contribution is -2.31. The van der Waals surface area contributed by atoms with Crippen LogP contribution in [0.5, 0.6) is 11.6 Å². The van der Waals surface area contributed by atoms with Crippen LogP contribution < -0.4 is 9.47 Å². The first-order valence-corrected chi connectivity index (χ1v) is 9.23. The lowest BCUT2D eigenvalue weighted by molar-refractivity contribution is 0.0731. The van der Waals surface area contributed by atoms with Crippen molar-refractivity contribution in [3.05, 3.63) is 52.7 Å². The smallest absolute Gasteiger partial charge is 0.259 e. The average Bonchev–Trinajstić information content (AvgIpc) is 3.35. The summed E-state index contributed by atoms with van der Waals surface area (Å²) in [5.74, 6) is 1.28. The number of carbonyl (C=O) groups excluding carboxylic acids is 1. The highest BCUT2D eigenvalue weighted by atomic mass is 16.5. The van der Waals surface area contributed by atoms with Crippen molar-refractivity contribution in [3.8, 4) is 11.6 Å². The molecule has 136 valence electrons. The molecule has 2 heterocycles. The fourth-order valence-corrected chi connectivity index (χ4v) is 4.12. The van der Waals surface area contributed by atoms with E-state index >= 15 is 0 Å². The molecule has 0 saturated carbocycles. The van der Waals surface area contributed by atoms with Crippen molar-refractivity contribution >= 4 is 5.91 Å². The van der Waals surface area contributed by atoms with Crippen LogP contribution in [-0.2, 0) is 12.8 Å². The lowest BCUT2D eigenvalue weighted by atomic mass is 10.0. The highest BCUT2D eigenvalue weighted by Crippen LogP contribution is 2.36. The Morgan fingerprint density at radius 1 is 1.15 bits per heavy atom. The minimum atomic E-state index is 0.00868. The molecule has 26 heavy (non-hydrogen) atoms. The molecule has 1 aromatic heterocycles. The largest absolute Gasteiger partial charge is 0.497 e. The predicted octanol–water partition coefficient (Wildman–Crippen LogP) is 3.56. The minimum Gasteiger partial charge on any atom is -0.497 e. The van der Waals surface area contributed by atoms with E-state index < -0.39 is 0 Å². The zero-order valence-electron chi connectivity index (χ0n) is 15.3. The summed E-state index contributed by atoms with van der Waals surface area (Å²) in [5.41, 5.74) is 3.96. The van der Waals surface area contributed by atoms with E-state index in [-0.39, 0.29) is 11.9 Å². The number of fused-ring (bicyclic) bond motifs is 1. The van der Waals surface area contributed by atoms with Crippen LogP contribution in [0.25, 0.3) is 0 Å². The van der Waals surface area contributed by atoms with Gasteiger partial charge < -0.3 is 14.4 Å². The van der Waals surface area contributed by atoms with Crippen molar-refractivity contribution in [3.63, 3.8) is 0 Å². The van der Waals surface area contributed by atoms with Crippen molar-refractivity contribution in [2.75, 3.05) is 20.8 Å². The average molecular weight is 352 g/mol. The summed E-state index contributed by atoms with van der Waals surface area (Å²) < 4.78 is 10.8. The van der Waals surface area contributed by atoms with Crippen LogP contribution >= 0.6 is 0 Å². The van der Waals surface area contributed by atoms with E-state index in [4.69, 9.17) is 9.47 Å². The molecule has 0 bridgehead atoms. The van der Waals surface area contributed by atoms with Gasteiger partial charge in [-0.2, -0.15) is 0 Å². The molecule has 0 spiro atoms. The van der Waals surface area contributed by atoms with E-state index in [0.29, 0.717) is 11.4 Å². The van der Waals surface area contributed by atoms with Crippen LogP contribution in [-0.4, -0.2) is 36.6 Å². The van der Waals surface area contributed by atoms with E-state index in [9.17, 15) is 4.79 Å². The highest BCUT2D eigenvalue weighted by Gasteiger charge is 2.33. The van der Waals surface area contributed by atoms with Gasteiger partial charge in [-0.1, -0.05) is 12.1 Å². The maximum Gasteiger partial charge on any atom is 0.259 e. The fourth-order valence-electron chi connectivity index (χ4n) is 4.12. The second-order valence-corrected chi connectivity index (χ2v) is 6.94. The third-order valence-electron chi connectivity index (χ3n) is 5.43. The number of aromatic nitrogens is 1. The van der Waals surface area contributed by atoms with Crippen LogP contribution in [0.4, 0.5) is 0 Å². The van der Waals surface area contributed by atoms with Crippen molar-refractivity contribution < 1.29 is 14.3 Å². The predicted molar refractivity (Wildman–Crippen MR) is 98.8 cm³/mol. The van der Waals surface area contributed by atoms with Gasteiger partial charge in [0.1, 0.15) is 11.3 Å². The first-order valence-electron chi connectivity index (χ1n) is 9.23. The third-order valence-corrected chi connectivity index (χ3v) is 5.43. The van der Waals surface area contributed by atoms with E-state index in [1.807, 2.05) is 29.2 Å². The number of amides is 1. The molecule has 0 N–H and O–H groups in total. The topological polar surface area (TPSA) is 51.7 Å². The molecule has 5 nitrogen and oxygen atoms in total. The van der Waals surface area contributed by atoms with Crippen molar-refractivity contribution in [2.24, 2.45) is 0 Å². The molecule has 0 unspecified atom stereocenters. The number of carbonyl (C=O) groups is 1. The quantitative estimate of drug-likeness (QED) is 0.844. The van der Waals surface area contributed by atoms with Gasteiger partial charge in [0.15, 0.2) is 0 Å². The van der Waals surface area contributed by atoms with Crippen LogP contribution in [0.1, 0.15) is 52.5 Å². The standard InChI is InChI=1S/C21H24N2O3/c1-25-16-8-3-7-15(12-16)19-10-5-11-23(19)21(24)17-13-14-6-4-9-18(14)22-20(17)26-2/h3,7-8,12-13,19H,4-6,9-11H2,1-2H3/t19-/m0/s1. The summed E-state index contributed by atoms with van der Waals surface area (Å²) in [4.78, 5) is 19.9. The molecule has 1 aromatic carbocycles.